The minimum atomic E-state index is 0.298. The van der Waals surface area contributed by atoms with Crippen LogP contribution in [0.3, 0.4) is 0 Å². The van der Waals surface area contributed by atoms with Crippen LogP contribution in [-0.2, 0) is 0 Å². The third kappa shape index (κ3) is 2.78. The molecule has 94 valence electrons. The molecule has 0 spiro atoms. The molecule has 17 heavy (non-hydrogen) atoms. The molecule has 1 saturated heterocycles. The number of hydrogen-bond acceptors (Lipinski definition) is 3. The fourth-order valence-electron chi connectivity index (χ4n) is 2.74. The molecule has 0 aromatic carbocycles. The first-order chi connectivity index (χ1) is 8.11. The first kappa shape index (κ1) is 12.8. The van der Waals surface area contributed by atoms with Crippen molar-refractivity contribution in [1.82, 2.24) is 4.90 Å². The Bertz CT molecular complexity index is 410. The van der Waals surface area contributed by atoms with Gasteiger partial charge in [0.1, 0.15) is 0 Å². The van der Waals surface area contributed by atoms with E-state index in [9.17, 15) is 4.79 Å². The first-order valence-electron chi connectivity index (χ1n) is 6.46. The summed E-state index contributed by atoms with van der Waals surface area (Å²) in [5, 5.41) is 0. The number of nitrogens with zero attached hydrogens (tertiary/aromatic N) is 1. The largest absolute Gasteiger partial charge is 0.293 e. The molecule has 1 aliphatic heterocycles. The highest BCUT2D eigenvalue weighted by molar-refractivity contribution is 7.12. The van der Waals surface area contributed by atoms with Crippen LogP contribution >= 0.6 is 11.3 Å². The van der Waals surface area contributed by atoms with Gasteiger partial charge < -0.3 is 0 Å². The molecule has 1 aromatic heterocycles. The Morgan fingerprint density at radius 3 is 2.88 bits per heavy atom. The van der Waals surface area contributed by atoms with Gasteiger partial charge in [-0.1, -0.05) is 6.92 Å². The van der Waals surface area contributed by atoms with Crippen molar-refractivity contribution in [2.24, 2.45) is 0 Å². The van der Waals surface area contributed by atoms with Crippen molar-refractivity contribution < 1.29 is 4.79 Å². The Morgan fingerprint density at radius 2 is 2.29 bits per heavy atom. The standard InChI is InChI=1S/C14H21NOS/c1-4-12-6-5-7-15(12)9-14(16)13-8-10(2)17-11(13)3/h8,12H,4-7,9H2,1-3H3. The Labute approximate surface area is 108 Å². The van der Waals surface area contributed by atoms with Crippen molar-refractivity contribution in [2.75, 3.05) is 13.1 Å². The van der Waals surface area contributed by atoms with E-state index in [1.165, 1.54) is 22.6 Å². The van der Waals surface area contributed by atoms with Crippen LogP contribution in [0.4, 0.5) is 0 Å². The van der Waals surface area contributed by atoms with Crippen molar-refractivity contribution in [3.63, 3.8) is 0 Å². The smallest absolute Gasteiger partial charge is 0.177 e. The molecule has 2 nitrogen and oxygen atoms in total. The molecule has 1 aromatic rings. The van der Waals surface area contributed by atoms with Gasteiger partial charge in [0, 0.05) is 21.4 Å². The number of hydrogen-bond donors (Lipinski definition) is 0. The summed E-state index contributed by atoms with van der Waals surface area (Å²) in [4.78, 5) is 17.0. The molecule has 2 rings (SSSR count). The van der Waals surface area contributed by atoms with E-state index in [0.717, 1.165) is 18.5 Å². The molecule has 1 fully saturated rings. The van der Waals surface area contributed by atoms with Gasteiger partial charge in [-0.15, -0.1) is 11.3 Å². The maximum Gasteiger partial charge on any atom is 0.177 e. The van der Waals surface area contributed by atoms with Crippen molar-refractivity contribution >= 4 is 17.1 Å². The number of likely N-dealkylation sites (tertiary alicyclic amines) is 1. The fraction of sp³-hybridized carbons (Fsp3) is 0.643. The average Bonchev–Trinajstić information content (AvgIpc) is 2.84. The van der Waals surface area contributed by atoms with Gasteiger partial charge in [-0.3, -0.25) is 9.69 Å². The molecule has 0 radical (unpaired) electrons. The number of thiophene rings is 1. The number of Topliss-reactive ketones (excluding diaryl/α,β-unsaturated/α-hetero) is 1. The van der Waals surface area contributed by atoms with Crippen LogP contribution in [0.5, 0.6) is 0 Å². The second kappa shape index (κ2) is 5.32. The molecule has 1 aliphatic rings. The fourth-order valence-corrected chi connectivity index (χ4v) is 3.69. The van der Waals surface area contributed by atoms with Crippen LogP contribution in [0.25, 0.3) is 0 Å². The predicted octanol–water partition coefficient (Wildman–Crippen LogP) is 3.42. The summed E-state index contributed by atoms with van der Waals surface area (Å²) in [6.45, 7) is 8.03. The van der Waals surface area contributed by atoms with E-state index in [1.54, 1.807) is 11.3 Å². The van der Waals surface area contributed by atoms with Gasteiger partial charge in [0.05, 0.1) is 6.54 Å². The lowest BCUT2D eigenvalue weighted by atomic mass is 10.1. The van der Waals surface area contributed by atoms with Crippen LogP contribution in [0, 0.1) is 13.8 Å². The zero-order valence-electron chi connectivity index (χ0n) is 11.0. The molecule has 3 heteroatoms. The number of ketones is 1. The summed E-state index contributed by atoms with van der Waals surface area (Å²) in [7, 11) is 0. The summed E-state index contributed by atoms with van der Waals surface area (Å²) >= 11 is 1.72. The minimum absolute atomic E-state index is 0.298. The molecule has 2 heterocycles. The highest BCUT2D eigenvalue weighted by Gasteiger charge is 2.25. The molecular weight excluding hydrogens is 230 g/mol. The Balaban J connectivity index is 2.04. The molecular formula is C14H21NOS. The van der Waals surface area contributed by atoms with Crippen molar-refractivity contribution in [3.05, 3.63) is 21.4 Å². The topological polar surface area (TPSA) is 20.3 Å². The van der Waals surface area contributed by atoms with Crippen molar-refractivity contribution in [1.29, 1.82) is 0 Å². The van der Waals surface area contributed by atoms with Gasteiger partial charge in [0.2, 0.25) is 0 Å². The summed E-state index contributed by atoms with van der Waals surface area (Å²) in [6, 6.07) is 2.67. The Hall–Kier alpha value is -0.670. The van der Waals surface area contributed by atoms with E-state index in [2.05, 4.69) is 18.7 Å². The number of rotatable bonds is 4. The molecule has 0 amide bonds. The molecule has 0 N–H and O–H groups in total. The van der Waals surface area contributed by atoms with Crippen molar-refractivity contribution in [2.45, 2.75) is 46.1 Å². The van der Waals surface area contributed by atoms with E-state index in [0.29, 0.717) is 18.4 Å². The lowest BCUT2D eigenvalue weighted by Gasteiger charge is -2.22. The summed E-state index contributed by atoms with van der Waals surface area (Å²) in [6.07, 6.45) is 3.66. The van der Waals surface area contributed by atoms with Gasteiger partial charge >= 0.3 is 0 Å². The van der Waals surface area contributed by atoms with E-state index >= 15 is 0 Å². The van der Waals surface area contributed by atoms with Crippen LogP contribution < -0.4 is 0 Å². The second-order valence-electron chi connectivity index (χ2n) is 4.92. The van der Waals surface area contributed by atoms with Crippen LogP contribution in [0.2, 0.25) is 0 Å². The lowest BCUT2D eigenvalue weighted by molar-refractivity contribution is 0.0920. The average molecular weight is 251 g/mol. The van der Waals surface area contributed by atoms with Gasteiger partial charge in [0.25, 0.3) is 0 Å². The third-order valence-electron chi connectivity index (χ3n) is 3.66. The minimum Gasteiger partial charge on any atom is -0.293 e. The molecule has 1 unspecified atom stereocenters. The van der Waals surface area contributed by atoms with Gasteiger partial charge in [-0.2, -0.15) is 0 Å². The predicted molar refractivity (Wildman–Crippen MR) is 73.0 cm³/mol. The highest BCUT2D eigenvalue weighted by atomic mass is 32.1. The number of carbonyl (C=O) groups excluding carboxylic acids is 1. The summed E-state index contributed by atoms with van der Waals surface area (Å²) in [5.74, 6) is 0.298. The third-order valence-corrected chi connectivity index (χ3v) is 4.62. The second-order valence-corrected chi connectivity index (χ2v) is 6.39. The van der Waals surface area contributed by atoms with E-state index < -0.39 is 0 Å². The number of aryl methyl sites for hydroxylation is 2. The summed E-state index contributed by atoms with van der Waals surface area (Å²) in [5.41, 5.74) is 0.939. The van der Waals surface area contributed by atoms with Crippen molar-refractivity contribution in [3.8, 4) is 0 Å². The van der Waals surface area contributed by atoms with Crippen LogP contribution in [-0.4, -0.2) is 29.8 Å². The van der Waals surface area contributed by atoms with E-state index in [1.807, 2.05) is 13.0 Å². The van der Waals surface area contributed by atoms with Gasteiger partial charge in [0.15, 0.2) is 5.78 Å². The van der Waals surface area contributed by atoms with Gasteiger partial charge in [-0.05, 0) is 45.7 Å². The van der Waals surface area contributed by atoms with Gasteiger partial charge in [-0.25, -0.2) is 0 Å². The zero-order valence-corrected chi connectivity index (χ0v) is 11.8. The van der Waals surface area contributed by atoms with Crippen LogP contribution in [0.1, 0.15) is 46.3 Å². The molecule has 0 bridgehead atoms. The quantitative estimate of drug-likeness (QED) is 0.764. The normalized spacial score (nSPS) is 21.0. The van der Waals surface area contributed by atoms with Crippen LogP contribution in [0.15, 0.2) is 6.07 Å². The highest BCUT2D eigenvalue weighted by Crippen LogP contribution is 2.24. The maximum atomic E-state index is 12.3. The Morgan fingerprint density at radius 1 is 1.53 bits per heavy atom. The first-order valence-corrected chi connectivity index (χ1v) is 7.27. The van der Waals surface area contributed by atoms with E-state index in [-0.39, 0.29) is 0 Å². The molecule has 0 saturated carbocycles. The SMILES string of the molecule is CCC1CCCN1CC(=O)c1cc(C)sc1C. The molecule has 0 aliphatic carbocycles. The number of carbonyl (C=O) groups is 1. The maximum absolute atomic E-state index is 12.3. The lowest BCUT2D eigenvalue weighted by Crippen LogP contribution is -2.33. The Kier molecular flexibility index (Phi) is 4.00. The monoisotopic (exact) mass is 251 g/mol. The molecule has 1 atom stereocenters. The summed E-state index contributed by atoms with van der Waals surface area (Å²) < 4.78 is 0. The van der Waals surface area contributed by atoms with E-state index in [4.69, 9.17) is 0 Å². The zero-order chi connectivity index (χ0) is 12.4.